The molecule has 0 saturated carbocycles. The normalized spacial score (nSPS) is 11.5. The Morgan fingerprint density at radius 2 is 1.77 bits per heavy atom. The minimum Gasteiger partial charge on any atom is -0.445 e. The lowest BCUT2D eigenvalue weighted by molar-refractivity contribution is -0.122. The van der Waals surface area contributed by atoms with Crippen molar-refractivity contribution in [1.29, 1.82) is 0 Å². The van der Waals surface area contributed by atoms with Crippen LogP contribution in [0.25, 0.3) is 11.3 Å². The molecule has 1 aromatic heterocycles. The summed E-state index contributed by atoms with van der Waals surface area (Å²) >= 11 is 0. The van der Waals surface area contributed by atoms with Crippen molar-refractivity contribution in [2.45, 2.75) is 38.8 Å². The molecule has 3 rings (SSSR count). The highest BCUT2D eigenvalue weighted by molar-refractivity contribution is 5.76. The van der Waals surface area contributed by atoms with Gasteiger partial charge in [0.1, 0.15) is 12.4 Å². The van der Waals surface area contributed by atoms with E-state index in [4.69, 9.17) is 4.74 Å². The van der Waals surface area contributed by atoms with Crippen molar-refractivity contribution < 1.29 is 14.3 Å². The van der Waals surface area contributed by atoms with Gasteiger partial charge >= 0.3 is 6.09 Å². The number of hydrogen-bond donors (Lipinski definition) is 3. The Labute approximate surface area is 182 Å². The van der Waals surface area contributed by atoms with Gasteiger partial charge in [0.05, 0.1) is 17.9 Å². The summed E-state index contributed by atoms with van der Waals surface area (Å²) < 4.78 is 5.15. The standard InChI is InChI=1S/C24H28N4O3/c1-2-20(23-26-16-21(28-23)19-12-7-4-8-13-19)27-22(29)14-9-15-25-24(30)31-17-18-10-5-3-6-11-18/h3-8,10-13,16,20H,2,9,14-15,17H2,1H3,(H,25,30)(H,26,28)(H,27,29). The summed E-state index contributed by atoms with van der Waals surface area (Å²) in [5.74, 6) is 0.654. The van der Waals surface area contributed by atoms with Crippen LogP contribution in [0.1, 0.15) is 43.6 Å². The molecule has 0 fully saturated rings. The third kappa shape index (κ3) is 6.99. The summed E-state index contributed by atoms with van der Waals surface area (Å²) in [5.41, 5.74) is 2.89. The topological polar surface area (TPSA) is 96.1 Å². The van der Waals surface area contributed by atoms with Gasteiger partial charge in [-0.3, -0.25) is 4.79 Å². The number of hydrogen-bond acceptors (Lipinski definition) is 4. The number of nitrogens with zero attached hydrogens (tertiary/aromatic N) is 1. The maximum absolute atomic E-state index is 12.3. The Bertz CT molecular complexity index is 957. The van der Waals surface area contributed by atoms with E-state index < -0.39 is 6.09 Å². The monoisotopic (exact) mass is 420 g/mol. The number of carbonyl (C=O) groups excluding carboxylic acids is 2. The first-order chi connectivity index (χ1) is 15.2. The molecule has 0 bridgehead atoms. The Balaban J connectivity index is 1.37. The molecule has 2 amide bonds. The second-order valence-corrected chi connectivity index (χ2v) is 7.17. The molecule has 0 aliphatic carbocycles. The highest BCUT2D eigenvalue weighted by Gasteiger charge is 2.16. The van der Waals surface area contributed by atoms with Crippen molar-refractivity contribution in [3.63, 3.8) is 0 Å². The maximum Gasteiger partial charge on any atom is 0.407 e. The molecule has 0 aliphatic rings. The first kappa shape index (κ1) is 22.1. The molecule has 2 aromatic carbocycles. The number of carbonyl (C=O) groups is 2. The maximum atomic E-state index is 12.3. The predicted molar refractivity (Wildman–Crippen MR) is 119 cm³/mol. The smallest absolute Gasteiger partial charge is 0.407 e. The van der Waals surface area contributed by atoms with Gasteiger partial charge in [0.25, 0.3) is 0 Å². The molecule has 1 atom stereocenters. The molecule has 7 heteroatoms. The lowest BCUT2D eigenvalue weighted by atomic mass is 10.2. The van der Waals surface area contributed by atoms with Crippen LogP contribution in [0.5, 0.6) is 0 Å². The number of aromatic amines is 1. The van der Waals surface area contributed by atoms with Crippen molar-refractivity contribution in [3.8, 4) is 11.3 Å². The van der Waals surface area contributed by atoms with Crippen LogP contribution in [0.3, 0.4) is 0 Å². The molecule has 31 heavy (non-hydrogen) atoms. The average molecular weight is 421 g/mol. The van der Waals surface area contributed by atoms with Crippen LogP contribution >= 0.6 is 0 Å². The van der Waals surface area contributed by atoms with Crippen LogP contribution in [-0.4, -0.2) is 28.5 Å². The van der Waals surface area contributed by atoms with Crippen molar-refractivity contribution >= 4 is 12.0 Å². The van der Waals surface area contributed by atoms with Crippen LogP contribution in [0.2, 0.25) is 0 Å². The molecule has 1 unspecified atom stereocenters. The molecule has 0 spiro atoms. The molecule has 7 nitrogen and oxygen atoms in total. The van der Waals surface area contributed by atoms with Crippen LogP contribution in [0.15, 0.2) is 66.9 Å². The van der Waals surface area contributed by atoms with Crippen LogP contribution < -0.4 is 10.6 Å². The number of amides is 2. The van der Waals surface area contributed by atoms with Crippen molar-refractivity contribution in [2.75, 3.05) is 6.54 Å². The van der Waals surface area contributed by atoms with Crippen LogP contribution in [0.4, 0.5) is 4.79 Å². The summed E-state index contributed by atoms with van der Waals surface area (Å²) in [4.78, 5) is 31.8. The van der Waals surface area contributed by atoms with E-state index in [0.29, 0.717) is 19.4 Å². The average Bonchev–Trinajstić information content (AvgIpc) is 3.30. The Morgan fingerprint density at radius 1 is 1.06 bits per heavy atom. The van der Waals surface area contributed by atoms with E-state index >= 15 is 0 Å². The molecule has 0 radical (unpaired) electrons. The SMILES string of the molecule is CCC(NC(=O)CCCNC(=O)OCc1ccccc1)c1ncc(-c2ccccc2)[nH]1. The van der Waals surface area contributed by atoms with Gasteiger partial charge in [-0.05, 0) is 24.0 Å². The molecule has 1 heterocycles. The van der Waals surface area contributed by atoms with E-state index in [9.17, 15) is 9.59 Å². The fraction of sp³-hybridized carbons (Fsp3) is 0.292. The molecule has 3 N–H and O–H groups in total. The first-order valence-electron chi connectivity index (χ1n) is 10.5. The molecule has 0 saturated heterocycles. The number of H-pyrrole nitrogens is 1. The van der Waals surface area contributed by atoms with Crippen LogP contribution in [0, 0.1) is 0 Å². The fourth-order valence-corrected chi connectivity index (χ4v) is 3.12. The Kier molecular flexibility index (Phi) is 8.22. The van der Waals surface area contributed by atoms with Crippen molar-refractivity contribution in [2.24, 2.45) is 0 Å². The van der Waals surface area contributed by atoms with Gasteiger partial charge in [-0.15, -0.1) is 0 Å². The number of rotatable bonds is 10. The van der Waals surface area contributed by atoms with E-state index in [2.05, 4.69) is 20.6 Å². The summed E-state index contributed by atoms with van der Waals surface area (Å²) in [7, 11) is 0. The van der Waals surface area contributed by atoms with Gasteiger partial charge in [0.15, 0.2) is 0 Å². The van der Waals surface area contributed by atoms with Gasteiger partial charge in [-0.2, -0.15) is 0 Å². The quantitative estimate of drug-likeness (QED) is 0.425. The van der Waals surface area contributed by atoms with E-state index in [1.165, 1.54) is 0 Å². The summed E-state index contributed by atoms with van der Waals surface area (Å²) in [6.07, 6.45) is 2.85. The minimum atomic E-state index is -0.486. The number of imidazole rings is 1. The highest BCUT2D eigenvalue weighted by atomic mass is 16.5. The van der Waals surface area contributed by atoms with Gasteiger partial charge in [-0.25, -0.2) is 9.78 Å². The molecule has 162 valence electrons. The second-order valence-electron chi connectivity index (χ2n) is 7.17. The summed E-state index contributed by atoms with van der Waals surface area (Å²) in [6, 6.07) is 19.2. The Hall–Kier alpha value is -3.61. The zero-order valence-electron chi connectivity index (χ0n) is 17.6. The predicted octanol–water partition coefficient (Wildman–Crippen LogP) is 4.35. The molecule has 0 aliphatic heterocycles. The summed E-state index contributed by atoms with van der Waals surface area (Å²) in [6.45, 7) is 2.59. The fourth-order valence-electron chi connectivity index (χ4n) is 3.12. The van der Waals surface area contributed by atoms with Gasteiger partial charge in [-0.1, -0.05) is 67.6 Å². The van der Waals surface area contributed by atoms with Gasteiger partial charge in [0, 0.05) is 13.0 Å². The third-order valence-corrected chi connectivity index (χ3v) is 4.82. The number of aromatic nitrogens is 2. The highest BCUT2D eigenvalue weighted by Crippen LogP contribution is 2.20. The van der Waals surface area contributed by atoms with Crippen molar-refractivity contribution in [3.05, 3.63) is 78.2 Å². The van der Waals surface area contributed by atoms with Crippen molar-refractivity contribution in [1.82, 2.24) is 20.6 Å². The first-order valence-corrected chi connectivity index (χ1v) is 10.5. The zero-order valence-corrected chi connectivity index (χ0v) is 17.6. The van der Waals surface area contributed by atoms with E-state index in [0.717, 1.165) is 29.1 Å². The largest absolute Gasteiger partial charge is 0.445 e. The van der Waals surface area contributed by atoms with Crippen LogP contribution in [-0.2, 0) is 16.1 Å². The lowest BCUT2D eigenvalue weighted by Gasteiger charge is -2.15. The van der Waals surface area contributed by atoms with E-state index in [1.807, 2.05) is 67.6 Å². The molecule has 3 aromatic rings. The second kappa shape index (κ2) is 11.5. The lowest BCUT2D eigenvalue weighted by Crippen LogP contribution is -2.30. The number of benzene rings is 2. The number of nitrogens with one attached hydrogen (secondary N) is 3. The van der Waals surface area contributed by atoms with E-state index in [1.54, 1.807) is 6.20 Å². The number of ether oxygens (including phenoxy) is 1. The minimum absolute atomic E-state index is 0.0797. The molecular formula is C24H28N4O3. The van der Waals surface area contributed by atoms with Gasteiger partial charge in [0.2, 0.25) is 5.91 Å². The van der Waals surface area contributed by atoms with E-state index in [-0.39, 0.29) is 18.6 Å². The Morgan fingerprint density at radius 3 is 2.48 bits per heavy atom. The zero-order chi connectivity index (χ0) is 21.9. The number of alkyl carbamates (subject to hydrolysis) is 1. The molecular weight excluding hydrogens is 392 g/mol. The third-order valence-electron chi connectivity index (χ3n) is 4.82. The van der Waals surface area contributed by atoms with Gasteiger partial charge < -0.3 is 20.4 Å². The summed E-state index contributed by atoms with van der Waals surface area (Å²) in [5, 5.41) is 5.68.